The molecule has 1 fully saturated rings. The number of halogens is 1. The van der Waals surface area contributed by atoms with Crippen molar-refractivity contribution in [1.29, 1.82) is 0 Å². The number of nitrogens with zero attached hydrogens (tertiary/aromatic N) is 2. The summed E-state index contributed by atoms with van der Waals surface area (Å²) in [7, 11) is 0. The van der Waals surface area contributed by atoms with Crippen molar-refractivity contribution in [2.45, 2.75) is 12.6 Å². The number of rotatable bonds is 4. The van der Waals surface area contributed by atoms with Gasteiger partial charge in [-0.1, -0.05) is 0 Å². The zero-order chi connectivity index (χ0) is 13.8. The molecule has 2 rings (SSSR count). The molecule has 104 valence electrons. The van der Waals surface area contributed by atoms with E-state index in [1.807, 2.05) is 4.90 Å². The average Bonchev–Trinajstić information content (AvgIpc) is 2.39. The van der Waals surface area contributed by atoms with E-state index in [9.17, 15) is 19.6 Å². The Kier molecular flexibility index (Phi) is 4.41. The lowest BCUT2D eigenvalue weighted by Gasteiger charge is -2.34. The number of benzene rings is 1. The highest BCUT2D eigenvalue weighted by Gasteiger charge is 2.25. The maximum atomic E-state index is 13.2. The van der Waals surface area contributed by atoms with E-state index in [1.165, 1.54) is 12.1 Å². The van der Waals surface area contributed by atoms with E-state index in [1.54, 1.807) is 0 Å². The molecule has 0 aromatic heterocycles. The number of hydrogen-bond donors (Lipinski definition) is 1. The first-order valence-corrected chi connectivity index (χ1v) is 5.97. The molecular formula is C12H15FN2O4. The first-order chi connectivity index (χ1) is 9.11. The summed E-state index contributed by atoms with van der Waals surface area (Å²) in [6.07, 6.45) is 0. The molecule has 0 bridgehead atoms. The zero-order valence-electron chi connectivity index (χ0n) is 10.3. The minimum absolute atomic E-state index is 0.0941. The molecule has 1 unspecified atom stereocenters. The topological polar surface area (TPSA) is 75.8 Å². The second-order valence-corrected chi connectivity index (χ2v) is 4.41. The van der Waals surface area contributed by atoms with Crippen LogP contribution in [-0.2, 0) is 11.3 Å². The van der Waals surface area contributed by atoms with Crippen molar-refractivity contribution < 1.29 is 19.2 Å². The van der Waals surface area contributed by atoms with Crippen molar-refractivity contribution in [2.75, 3.05) is 26.4 Å². The van der Waals surface area contributed by atoms with Gasteiger partial charge in [0.25, 0.3) is 5.69 Å². The fourth-order valence-electron chi connectivity index (χ4n) is 2.14. The standard InChI is InChI=1S/C12H15FN2O4/c13-10-1-2-12(15(17)18)9(5-10)6-14-3-4-19-8-11(14)7-16/h1-2,5,11,16H,3-4,6-8H2. The molecule has 0 saturated carbocycles. The lowest BCUT2D eigenvalue weighted by atomic mass is 10.1. The predicted octanol–water partition coefficient (Wildman–Crippen LogP) is 0.927. The summed E-state index contributed by atoms with van der Waals surface area (Å²) in [4.78, 5) is 12.3. The fraction of sp³-hybridized carbons (Fsp3) is 0.500. The third-order valence-electron chi connectivity index (χ3n) is 3.17. The number of ether oxygens (including phenoxy) is 1. The van der Waals surface area contributed by atoms with E-state index >= 15 is 0 Å². The van der Waals surface area contributed by atoms with Gasteiger partial charge in [0.1, 0.15) is 5.82 Å². The first kappa shape index (κ1) is 13.9. The van der Waals surface area contributed by atoms with Crippen molar-refractivity contribution in [2.24, 2.45) is 0 Å². The van der Waals surface area contributed by atoms with Crippen molar-refractivity contribution in [3.8, 4) is 0 Å². The van der Waals surface area contributed by atoms with Crippen LogP contribution in [0.2, 0.25) is 0 Å². The third-order valence-corrected chi connectivity index (χ3v) is 3.17. The summed E-state index contributed by atoms with van der Waals surface area (Å²) in [5.41, 5.74) is 0.204. The van der Waals surface area contributed by atoms with Crippen molar-refractivity contribution >= 4 is 5.69 Å². The Bertz CT molecular complexity index is 469. The van der Waals surface area contributed by atoms with Gasteiger partial charge in [-0.25, -0.2) is 4.39 Å². The molecule has 1 saturated heterocycles. The zero-order valence-corrected chi connectivity index (χ0v) is 10.3. The van der Waals surface area contributed by atoms with Crippen LogP contribution < -0.4 is 0 Å². The van der Waals surface area contributed by atoms with Crippen molar-refractivity contribution in [3.05, 3.63) is 39.7 Å². The minimum atomic E-state index is -0.525. The van der Waals surface area contributed by atoms with Gasteiger partial charge in [0, 0.05) is 24.7 Å². The lowest BCUT2D eigenvalue weighted by molar-refractivity contribution is -0.385. The van der Waals surface area contributed by atoms with Crippen LogP contribution >= 0.6 is 0 Å². The van der Waals surface area contributed by atoms with Gasteiger partial charge in [0.15, 0.2) is 0 Å². The molecule has 0 amide bonds. The molecule has 0 spiro atoms. The molecule has 1 aliphatic rings. The Hall–Kier alpha value is -1.57. The fourth-order valence-corrected chi connectivity index (χ4v) is 2.14. The van der Waals surface area contributed by atoms with E-state index in [-0.39, 0.29) is 24.9 Å². The first-order valence-electron chi connectivity index (χ1n) is 5.97. The van der Waals surface area contributed by atoms with Crippen LogP contribution in [0.15, 0.2) is 18.2 Å². The van der Waals surface area contributed by atoms with Crippen molar-refractivity contribution in [1.82, 2.24) is 4.90 Å². The highest BCUT2D eigenvalue weighted by Crippen LogP contribution is 2.22. The Morgan fingerprint density at radius 3 is 3.05 bits per heavy atom. The van der Waals surface area contributed by atoms with Gasteiger partial charge in [0.2, 0.25) is 0 Å². The highest BCUT2D eigenvalue weighted by molar-refractivity contribution is 5.40. The van der Waals surface area contributed by atoms with Crippen LogP contribution in [0.1, 0.15) is 5.56 Å². The van der Waals surface area contributed by atoms with Gasteiger partial charge in [-0.15, -0.1) is 0 Å². The summed E-state index contributed by atoms with van der Waals surface area (Å²) >= 11 is 0. The summed E-state index contributed by atoms with van der Waals surface area (Å²) in [6.45, 7) is 1.56. The molecule has 0 radical (unpaired) electrons. The van der Waals surface area contributed by atoms with Gasteiger partial charge in [-0.2, -0.15) is 0 Å². The van der Waals surface area contributed by atoms with Gasteiger partial charge in [0.05, 0.1) is 30.8 Å². The SMILES string of the molecule is O=[N+]([O-])c1ccc(F)cc1CN1CCOCC1CO. The van der Waals surface area contributed by atoms with Crippen LogP contribution in [0.25, 0.3) is 0 Å². The van der Waals surface area contributed by atoms with Gasteiger partial charge >= 0.3 is 0 Å². The van der Waals surface area contributed by atoms with E-state index in [0.717, 1.165) is 6.07 Å². The molecule has 19 heavy (non-hydrogen) atoms. The Balaban J connectivity index is 2.21. The van der Waals surface area contributed by atoms with Crippen LogP contribution in [0.5, 0.6) is 0 Å². The maximum absolute atomic E-state index is 13.2. The van der Waals surface area contributed by atoms with Crippen LogP contribution in [0.4, 0.5) is 10.1 Å². The van der Waals surface area contributed by atoms with Crippen LogP contribution in [0, 0.1) is 15.9 Å². The van der Waals surface area contributed by atoms with E-state index in [4.69, 9.17) is 4.74 Å². The molecular weight excluding hydrogens is 255 g/mol. The monoisotopic (exact) mass is 270 g/mol. The molecule has 7 heteroatoms. The Morgan fingerprint density at radius 2 is 2.37 bits per heavy atom. The number of nitro groups is 1. The van der Waals surface area contributed by atoms with E-state index in [2.05, 4.69) is 0 Å². The smallest absolute Gasteiger partial charge is 0.274 e. The number of aliphatic hydroxyl groups is 1. The predicted molar refractivity (Wildman–Crippen MR) is 65.2 cm³/mol. The molecule has 1 N–H and O–H groups in total. The average molecular weight is 270 g/mol. The summed E-state index contributed by atoms with van der Waals surface area (Å²) in [5.74, 6) is -0.505. The highest BCUT2D eigenvalue weighted by atomic mass is 19.1. The maximum Gasteiger partial charge on any atom is 0.274 e. The molecule has 1 aromatic carbocycles. The number of hydrogen-bond acceptors (Lipinski definition) is 5. The second kappa shape index (κ2) is 6.05. The Labute approximate surface area is 109 Å². The van der Waals surface area contributed by atoms with Crippen LogP contribution in [-0.4, -0.2) is 47.3 Å². The molecule has 1 heterocycles. The van der Waals surface area contributed by atoms with Gasteiger partial charge in [-0.05, 0) is 12.1 Å². The lowest BCUT2D eigenvalue weighted by Crippen LogP contribution is -2.46. The number of nitro benzene ring substituents is 1. The molecule has 1 aromatic rings. The minimum Gasteiger partial charge on any atom is -0.395 e. The number of morpholine rings is 1. The third kappa shape index (κ3) is 3.25. The Morgan fingerprint density at radius 1 is 1.58 bits per heavy atom. The summed E-state index contributed by atoms with van der Waals surface area (Å²) in [6, 6.07) is 3.20. The molecule has 1 atom stereocenters. The van der Waals surface area contributed by atoms with Crippen LogP contribution in [0.3, 0.4) is 0 Å². The van der Waals surface area contributed by atoms with Crippen molar-refractivity contribution in [3.63, 3.8) is 0 Å². The van der Waals surface area contributed by atoms with Gasteiger partial charge in [-0.3, -0.25) is 15.0 Å². The summed E-state index contributed by atoms with van der Waals surface area (Å²) < 4.78 is 18.5. The normalized spacial score (nSPS) is 20.4. The number of aliphatic hydroxyl groups excluding tert-OH is 1. The second-order valence-electron chi connectivity index (χ2n) is 4.41. The molecule has 0 aliphatic carbocycles. The van der Waals surface area contributed by atoms with E-state index < -0.39 is 10.7 Å². The molecule has 1 aliphatic heterocycles. The van der Waals surface area contributed by atoms with Gasteiger partial charge < -0.3 is 9.84 Å². The largest absolute Gasteiger partial charge is 0.395 e. The molecule has 6 nitrogen and oxygen atoms in total. The summed E-state index contributed by atoms with van der Waals surface area (Å²) in [5, 5.41) is 20.2. The van der Waals surface area contributed by atoms with E-state index in [0.29, 0.717) is 25.3 Å². The quantitative estimate of drug-likeness (QED) is 0.650.